The molecule has 35 heavy (non-hydrogen) atoms. The standard InChI is InChI=1S/C27H24FNO4S2/c1-17(20-9-14-34-16-20)33-25(32)29-21-15-22(28)35-23(21)26(27(12-13-27)24(30)31)10-7-19(8-11-26)18-5-3-2-4-6-18/h2-11,14-17,19H,12-13H2,1H3,(H,29,32)(H,30,31). The highest BCUT2D eigenvalue weighted by atomic mass is 32.1. The first-order valence-electron chi connectivity index (χ1n) is 11.3. The van der Waals surface area contributed by atoms with Gasteiger partial charge >= 0.3 is 12.1 Å². The highest BCUT2D eigenvalue weighted by Gasteiger charge is 2.65. The van der Waals surface area contributed by atoms with E-state index in [1.807, 2.05) is 71.5 Å². The van der Waals surface area contributed by atoms with Crippen LogP contribution in [0.1, 0.15) is 47.8 Å². The molecule has 1 amide bonds. The number of halogens is 1. The molecule has 1 saturated carbocycles. The molecule has 1 aromatic carbocycles. The summed E-state index contributed by atoms with van der Waals surface area (Å²) in [6, 6.07) is 13.0. The Morgan fingerprint density at radius 2 is 1.89 bits per heavy atom. The van der Waals surface area contributed by atoms with E-state index in [9.17, 15) is 19.1 Å². The fourth-order valence-corrected chi connectivity index (χ4v) is 6.61. The number of carbonyl (C=O) groups excluding carboxylic acids is 1. The minimum atomic E-state index is -1.09. The summed E-state index contributed by atoms with van der Waals surface area (Å²) in [6.45, 7) is 1.76. The number of nitrogens with one attached hydrogen (secondary N) is 1. The van der Waals surface area contributed by atoms with Crippen LogP contribution in [0, 0.1) is 10.5 Å². The number of ether oxygens (including phenoxy) is 1. The van der Waals surface area contributed by atoms with Gasteiger partial charge in [0.25, 0.3) is 0 Å². The van der Waals surface area contributed by atoms with Crippen molar-refractivity contribution in [2.24, 2.45) is 5.41 Å². The van der Waals surface area contributed by atoms with Gasteiger partial charge in [0, 0.05) is 22.4 Å². The van der Waals surface area contributed by atoms with Crippen LogP contribution in [-0.2, 0) is 14.9 Å². The number of aliphatic carboxylic acids is 1. The molecule has 0 spiro atoms. The van der Waals surface area contributed by atoms with Crippen LogP contribution in [0.4, 0.5) is 14.9 Å². The van der Waals surface area contributed by atoms with E-state index in [0.717, 1.165) is 22.5 Å². The van der Waals surface area contributed by atoms with Crippen molar-refractivity contribution >= 4 is 40.4 Å². The van der Waals surface area contributed by atoms with Gasteiger partial charge in [0.15, 0.2) is 5.13 Å². The molecule has 2 aliphatic rings. The number of rotatable bonds is 7. The second-order valence-corrected chi connectivity index (χ2v) is 10.7. The van der Waals surface area contributed by atoms with Crippen LogP contribution in [0.15, 0.2) is 77.5 Å². The lowest BCUT2D eigenvalue weighted by atomic mass is 9.67. The first-order valence-corrected chi connectivity index (χ1v) is 13.1. The van der Waals surface area contributed by atoms with Crippen LogP contribution in [0.5, 0.6) is 0 Å². The molecule has 8 heteroatoms. The van der Waals surface area contributed by atoms with E-state index >= 15 is 0 Å². The van der Waals surface area contributed by atoms with Crippen LogP contribution in [0.3, 0.4) is 0 Å². The summed E-state index contributed by atoms with van der Waals surface area (Å²) in [7, 11) is 0. The Bertz CT molecular complexity index is 1280. The molecule has 1 fully saturated rings. The third-order valence-corrected chi connectivity index (χ3v) is 8.66. The van der Waals surface area contributed by atoms with Crippen molar-refractivity contribution in [3.63, 3.8) is 0 Å². The molecule has 2 heterocycles. The number of thiophene rings is 2. The normalized spacial score (nSPS) is 23.0. The third kappa shape index (κ3) is 4.21. The number of carbonyl (C=O) groups is 2. The Morgan fingerprint density at radius 3 is 2.49 bits per heavy atom. The van der Waals surface area contributed by atoms with Gasteiger partial charge in [-0.25, -0.2) is 4.79 Å². The number of carboxylic acid groups (broad SMARTS) is 1. The first kappa shape index (κ1) is 23.5. The van der Waals surface area contributed by atoms with Crippen molar-refractivity contribution in [2.45, 2.75) is 37.2 Å². The van der Waals surface area contributed by atoms with Crippen molar-refractivity contribution in [2.75, 3.05) is 5.32 Å². The summed E-state index contributed by atoms with van der Waals surface area (Å²) in [5, 5.41) is 16.2. The van der Waals surface area contributed by atoms with E-state index in [2.05, 4.69) is 5.32 Å². The zero-order valence-electron chi connectivity index (χ0n) is 18.9. The maximum atomic E-state index is 14.6. The van der Waals surface area contributed by atoms with Gasteiger partial charge in [0.1, 0.15) is 6.10 Å². The molecule has 180 valence electrons. The number of allylic oxidation sites excluding steroid dienone is 4. The molecule has 0 radical (unpaired) electrons. The number of hydrogen-bond acceptors (Lipinski definition) is 5. The third-order valence-electron chi connectivity index (χ3n) is 6.88. The maximum absolute atomic E-state index is 14.6. The molecular formula is C27H24FNO4S2. The Kier molecular flexibility index (Phi) is 6.11. The lowest BCUT2D eigenvalue weighted by Crippen LogP contribution is -2.40. The lowest BCUT2D eigenvalue weighted by Gasteiger charge is -2.37. The predicted octanol–water partition coefficient (Wildman–Crippen LogP) is 7.27. The topological polar surface area (TPSA) is 75.6 Å². The first-order chi connectivity index (χ1) is 16.8. The van der Waals surface area contributed by atoms with Gasteiger partial charge < -0.3 is 9.84 Å². The van der Waals surface area contributed by atoms with E-state index in [0.29, 0.717) is 17.7 Å². The van der Waals surface area contributed by atoms with Crippen molar-refractivity contribution in [1.29, 1.82) is 0 Å². The van der Waals surface area contributed by atoms with Gasteiger partial charge in [0.05, 0.1) is 16.5 Å². The highest BCUT2D eigenvalue weighted by molar-refractivity contribution is 7.11. The molecule has 5 nitrogen and oxygen atoms in total. The van der Waals surface area contributed by atoms with E-state index in [1.54, 1.807) is 6.92 Å². The minimum Gasteiger partial charge on any atom is -0.481 e. The quantitative estimate of drug-likeness (QED) is 0.328. The second-order valence-electron chi connectivity index (χ2n) is 8.93. The zero-order valence-corrected chi connectivity index (χ0v) is 20.6. The number of carboxylic acids is 1. The fourth-order valence-electron chi connectivity index (χ4n) is 4.78. The Labute approximate surface area is 210 Å². The lowest BCUT2D eigenvalue weighted by molar-refractivity contribution is -0.144. The van der Waals surface area contributed by atoms with Gasteiger partial charge in [-0.2, -0.15) is 15.7 Å². The molecule has 1 atom stereocenters. The average Bonchev–Trinajstić information content (AvgIpc) is 3.33. The Hall–Kier alpha value is -3.23. The smallest absolute Gasteiger partial charge is 0.412 e. The number of anilines is 1. The monoisotopic (exact) mass is 509 g/mol. The Morgan fingerprint density at radius 1 is 1.17 bits per heavy atom. The Balaban J connectivity index is 1.48. The fraction of sp³-hybridized carbons (Fsp3) is 0.259. The van der Waals surface area contributed by atoms with Crippen molar-refractivity contribution in [3.8, 4) is 0 Å². The number of benzene rings is 1. The molecule has 2 aliphatic carbocycles. The van der Waals surface area contributed by atoms with Crippen LogP contribution in [-0.4, -0.2) is 17.2 Å². The van der Waals surface area contributed by atoms with Crippen LogP contribution in [0.2, 0.25) is 0 Å². The minimum absolute atomic E-state index is 0.0217. The zero-order chi connectivity index (χ0) is 24.6. The molecular weight excluding hydrogens is 485 g/mol. The van der Waals surface area contributed by atoms with Crippen molar-refractivity contribution in [3.05, 3.63) is 98.7 Å². The summed E-state index contributed by atoms with van der Waals surface area (Å²) >= 11 is 2.36. The summed E-state index contributed by atoms with van der Waals surface area (Å²) < 4.78 is 20.1. The van der Waals surface area contributed by atoms with Gasteiger partial charge in [-0.3, -0.25) is 10.1 Å². The second kappa shape index (κ2) is 9.09. The van der Waals surface area contributed by atoms with Gasteiger partial charge in [-0.15, -0.1) is 11.3 Å². The molecule has 1 unspecified atom stereocenters. The summed E-state index contributed by atoms with van der Waals surface area (Å²) in [6.07, 6.45) is 7.43. The van der Waals surface area contributed by atoms with Crippen LogP contribution in [0.25, 0.3) is 0 Å². The molecule has 2 aromatic heterocycles. The summed E-state index contributed by atoms with van der Waals surface area (Å²) in [5.74, 6) is -0.954. The van der Waals surface area contributed by atoms with Crippen LogP contribution >= 0.6 is 22.7 Å². The number of amides is 1. The molecule has 0 bridgehead atoms. The van der Waals surface area contributed by atoms with Gasteiger partial charge in [-0.1, -0.05) is 54.6 Å². The van der Waals surface area contributed by atoms with E-state index in [4.69, 9.17) is 4.74 Å². The molecule has 2 N–H and O–H groups in total. The van der Waals surface area contributed by atoms with E-state index in [-0.39, 0.29) is 11.6 Å². The number of hydrogen-bond donors (Lipinski definition) is 2. The maximum Gasteiger partial charge on any atom is 0.412 e. The van der Waals surface area contributed by atoms with Gasteiger partial charge in [-0.05, 0) is 42.2 Å². The molecule has 5 rings (SSSR count). The molecule has 0 aliphatic heterocycles. The average molecular weight is 510 g/mol. The summed E-state index contributed by atoms with van der Waals surface area (Å²) in [4.78, 5) is 25.6. The van der Waals surface area contributed by atoms with E-state index < -0.39 is 34.1 Å². The van der Waals surface area contributed by atoms with Gasteiger partial charge in [0.2, 0.25) is 0 Å². The van der Waals surface area contributed by atoms with E-state index in [1.165, 1.54) is 17.4 Å². The predicted molar refractivity (Wildman–Crippen MR) is 136 cm³/mol. The summed E-state index contributed by atoms with van der Waals surface area (Å²) in [5.41, 5.74) is 0.000908. The highest BCUT2D eigenvalue weighted by Crippen LogP contribution is 2.64. The largest absolute Gasteiger partial charge is 0.481 e. The van der Waals surface area contributed by atoms with Crippen molar-refractivity contribution < 1.29 is 23.8 Å². The molecule has 3 aromatic rings. The van der Waals surface area contributed by atoms with Crippen LogP contribution < -0.4 is 5.32 Å². The van der Waals surface area contributed by atoms with Crippen molar-refractivity contribution in [1.82, 2.24) is 0 Å². The SMILES string of the molecule is CC(OC(=O)Nc1cc(F)sc1C1(C2(C(=O)O)CC2)C=CC(c2ccccc2)C=C1)c1ccsc1. The molecule has 0 saturated heterocycles.